The molecule has 2 aromatic rings. The maximum Gasteiger partial charge on any atom is 0.348 e. The molecular formula is C17H21N3O2. The van der Waals surface area contributed by atoms with Gasteiger partial charge in [-0.05, 0) is 38.8 Å². The first-order valence-corrected chi connectivity index (χ1v) is 7.37. The molecule has 1 amide bonds. The summed E-state index contributed by atoms with van der Waals surface area (Å²) in [7, 11) is 0. The molecule has 0 fully saturated rings. The summed E-state index contributed by atoms with van der Waals surface area (Å²) in [5.41, 5.74) is 2.18. The highest BCUT2D eigenvalue weighted by molar-refractivity contribution is 5.79. The lowest BCUT2D eigenvalue weighted by Crippen LogP contribution is -2.38. The van der Waals surface area contributed by atoms with Crippen molar-refractivity contribution in [2.45, 2.75) is 33.2 Å². The van der Waals surface area contributed by atoms with Gasteiger partial charge in [0.15, 0.2) is 0 Å². The molecule has 1 heterocycles. The Labute approximate surface area is 130 Å². The number of carbonyl (C=O) groups excluding carboxylic acids is 1. The van der Waals surface area contributed by atoms with Crippen LogP contribution in [0.15, 0.2) is 41.2 Å². The van der Waals surface area contributed by atoms with Crippen LogP contribution in [0.1, 0.15) is 29.9 Å². The van der Waals surface area contributed by atoms with Gasteiger partial charge < -0.3 is 5.32 Å². The quantitative estimate of drug-likeness (QED) is 0.915. The van der Waals surface area contributed by atoms with E-state index < -0.39 is 6.04 Å². The molecule has 0 aliphatic rings. The first-order chi connectivity index (χ1) is 10.5. The Balaban J connectivity index is 1.99. The number of hydrogen-bond donors (Lipinski definition) is 1. The molecule has 1 N–H and O–H groups in total. The molecule has 0 aliphatic heterocycles. The summed E-state index contributed by atoms with van der Waals surface area (Å²) in [5.74, 6) is -0.174. The molecule has 2 rings (SSSR count). The summed E-state index contributed by atoms with van der Waals surface area (Å²) in [4.78, 5) is 28.1. The molecule has 0 saturated carbocycles. The number of aromatic nitrogens is 2. The van der Waals surface area contributed by atoms with Crippen LogP contribution in [0.25, 0.3) is 0 Å². The van der Waals surface area contributed by atoms with Crippen molar-refractivity contribution in [3.05, 3.63) is 63.8 Å². The van der Waals surface area contributed by atoms with E-state index in [1.165, 1.54) is 10.1 Å². The molecule has 0 saturated heterocycles. The molecule has 116 valence electrons. The minimum Gasteiger partial charge on any atom is -0.354 e. The Kier molecular flexibility index (Phi) is 5.09. The van der Waals surface area contributed by atoms with Gasteiger partial charge >= 0.3 is 5.69 Å². The van der Waals surface area contributed by atoms with E-state index in [2.05, 4.69) is 10.3 Å². The Bertz CT molecular complexity index is 708. The van der Waals surface area contributed by atoms with Crippen LogP contribution in [0.5, 0.6) is 0 Å². The number of carbonyl (C=O) groups is 1. The molecule has 0 radical (unpaired) electrons. The average molecular weight is 299 g/mol. The Morgan fingerprint density at radius 3 is 2.59 bits per heavy atom. The van der Waals surface area contributed by atoms with Crippen LogP contribution in [0.4, 0.5) is 0 Å². The van der Waals surface area contributed by atoms with Gasteiger partial charge in [-0.2, -0.15) is 4.98 Å². The van der Waals surface area contributed by atoms with Gasteiger partial charge in [-0.1, -0.05) is 30.3 Å². The van der Waals surface area contributed by atoms with E-state index in [0.717, 1.165) is 12.1 Å². The Hall–Kier alpha value is -2.43. The zero-order valence-corrected chi connectivity index (χ0v) is 13.2. The SMILES string of the molecule is Cc1cc(C)n(C(C)C(=O)NCCc2ccccc2)c(=O)n1. The lowest BCUT2D eigenvalue weighted by atomic mass is 10.1. The van der Waals surface area contributed by atoms with Crippen LogP contribution >= 0.6 is 0 Å². The molecule has 5 heteroatoms. The standard InChI is InChI=1S/C17H21N3O2/c1-12-11-13(2)20(17(22)19-12)14(3)16(21)18-10-9-15-7-5-4-6-8-15/h4-8,11,14H,9-10H2,1-3H3,(H,18,21). The van der Waals surface area contributed by atoms with E-state index in [1.54, 1.807) is 19.9 Å². The molecule has 1 unspecified atom stereocenters. The van der Waals surface area contributed by atoms with Gasteiger partial charge in [0.25, 0.3) is 0 Å². The Morgan fingerprint density at radius 2 is 1.95 bits per heavy atom. The maximum absolute atomic E-state index is 12.2. The third kappa shape index (κ3) is 3.81. The number of hydrogen-bond acceptors (Lipinski definition) is 3. The van der Waals surface area contributed by atoms with Gasteiger partial charge in [0.1, 0.15) is 6.04 Å². The fraction of sp³-hybridized carbons (Fsp3) is 0.353. The molecule has 1 atom stereocenters. The third-order valence-corrected chi connectivity index (χ3v) is 3.60. The highest BCUT2D eigenvalue weighted by Gasteiger charge is 2.18. The molecule has 0 spiro atoms. The summed E-state index contributed by atoms with van der Waals surface area (Å²) >= 11 is 0. The number of amides is 1. The predicted molar refractivity (Wildman–Crippen MR) is 85.8 cm³/mol. The van der Waals surface area contributed by atoms with Crippen LogP contribution in [0.3, 0.4) is 0 Å². The molecule has 0 bridgehead atoms. The van der Waals surface area contributed by atoms with Crippen molar-refractivity contribution in [2.24, 2.45) is 0 Å². The molecule has 22 heavy (non-hydrogen) atoms. The fourth-order valence-electron chi connectivity index (χ4n) is 2.47. The van der Waals surface area contributed by atoms with Crippen LogP contribution in [0.2, 0.25) is 0 Å². The fourth-order valence-corrected chi connectivity index (χ4v) is 2.47. The molecule has 0 aliphatic carbocycles. The first kappa shape index (κ1) is 15.9. The van der Waals surface area contributed by atoms with E-state index in [-0.39, 0.29) is 11.6 Å². The summed E-state index contributed by atoms with van der Waals surface area (Å²) in [6, 6.07) is 11.2. The highest BCUT2D eigenvalue weighted by atomic mass is 16.2. The van der Waals surface area contributed by atoms with E-state index >= 15 is 0 Å². The summed E-state index contributed by atoms with van der Waals surface area (Å²) in [5, 5.41) is 2.87. The lowest BCUT2D eigenvalue weighted by molar-refractivity contribution is -0.123. The van der Waals surface area contributed by atoms with Crippen molar-refractivity contribution < 1.29 is 4.79 Å². The third-order valence-electron chi connectivity index (χ3n) is 3.60. The van der Waals surface area contributed by atoms with Crippen molar-refractivity contribution in [2.75, 3.05) is 6.54 Å². The second kappa shape index (κ2) is 7.02. The molecule has 5 nitrogen and oxygen atoms in total. The maximum atomic E-state index is 12.2. The van der Waals surface area contributed by atoms with Crippen LogP contribution in [-0.4, -0.2) is 22.0 Å². The normalized spacial score (nSPS) is 12.0. The first-order valence-electron chi connectivity index (χ1n) is 7.37. The second-order valence-electron chi connectivity index (χ2n) is 5.39. The van der Waals surface area contributed by atoms with Crippen LogP contribution < -0.4 is 11.0 Å². The number of nitrogens with zero attached hydrogens (tertiary/aromatic N) is 2. The van der Waals surface area contributed by atoms with Crippen molar-refractivity contribution in [3.8, 4) is 0 Å². The van der Waals surface area contributed by atoms with Crippen molar-refractivity contribution in [3.63, 3.8) is 0 Å². The number of benzene rings is 1. The second-order valence-corrected chi connectivity index (χ2v) is 5.39. The van der Waals surface area contributed by atoms with Gasteiger partial charge in [-0.15, -0.1) is 0 Å². The zero-order chi connectivity index (χ0) is 16.1. The topological polar surface area (TPSA) is 64.0 Å². The smallest absolute Gasteiger partial charge is 0.348 e. The van der Waals surface area contributed by atoms with Gasteiger partial charge in [-0.25, -0.2) is 4.79 Å². The molecule has 1 aromatic heterocycles. The van der Waals surface area contributed by atoms with Crippen molar-refractivity contribution in [1.29, 1.82) is 0 Å². The van der Waals surface area contributed by atoms with Gasteiger partial charge in [0.2, 0.25) is 5.91 Å². The number of nitrogens with one attached hydrogen (secondary N) is 1. The van der Waals surface area contributed by atoms with Crippen LogP contribution in [0, 0.1) is 13.8 Å². The number of aryl methyl sites for hydroxylation is 2. The highest BCUT2D eigenvalue weighted by Crippen LogP contribution is 2.07. The van der Waals surface area contributed by atoms with Gasteiger partial charge in [-0.3, -0.25) is 9.36 Å². The van der Waals surface area contributed by atoms with E-state index in [4.69, 9.17) is 0 Å². The molecular weight excluding hydrogens is 278 g/mol. The number of rotatable bonds is 5. The largest absolute Gasteiger partial charge is 0.354 e. The zero-order valence-electron chi connectivity index (χ0n) is 13.2. The van der Waals surface area contributed by atoms with Gasteiger partial charge in [0.05, 0.1) is 0 Å². The summed E-state index contributed by atoms with van der Waals surface area (Å²) in [6.07, 6.45) is 0.763. The van der Waals surface area contributed by atoms with Gasteiger partial charge in [0, 0.05) is 17.9 Å². The predicted octanol–water partition coefficient (Wildman–Crippen LogP) is 1.78. The minimum atomic E-state index is -0.573. The Morgan fingerprint density at radius 1 is 1.27 bits per heavy atom. The monoisotopic (exact) mass is 299 g/mol. The minimum absolute atomic E-state index is 0.174. The average Bonchev–Trinajstić information content (AvgIpc) is 2.47. The molecule has 1 aromatic carbocycles. The summed E-state index contributed by atoms with van der Waals surface area (Å²) < 4.78 is 1.42. The lowest BCUT2D eigenvalue weighted by Gasteiger charge is -2.17. The van der Waals surface area contributed by atoms with Crippen molar-refractivity contribution >= 4 is 5.91 Å². The van der Waals surface area contributed by atoms with Crippen molar-refractivity contribution in [1.82, 2.24) is 14.9 Å². The van der Waals surface area contributed by atoms with Crippen LogP contribution in [-0.2, 0) is 11.2 Å². The van der Waals surface area contributed by atoms with E-state index in [1.807, 2.05) is 37.3 Å². The summed E-state index contributed by atoms with van der Waals surface area (Å²) in [6.45, 7) is 5.83. The van der Waals surface area contributed by atoms with E-state index in [0.29, 0.717) is 12.2 Å². The van der Waals surface area contributed by atoms with E-state index in [9.17, 15) is 9.59 Å².